The number of carbonyl (C=O) groups excluding carboxylic acids is 1. The van der Waals surface area contributed by atoms with Crippen molar-refractivity contribution in [2.24, 2.45) is 11.8 Å². The molecule has 0 saturated heterocycles. The Morgan fingerprint density at radius 2 is 2.21 bits per heavy atom. The molecular weight excluding hydrogens is 394 g/mol. The van der Waals surface area contributed by atoms with Crippen molar-refractivity contribution in [2.45, 2.75) is 50.9 Å². The zero-order chi connectivity index (χ0) is 20.3. The zero-order valence-corrected chi connectivity index (χ0v) is 17.9. The molecule has 1 fully saturated rings. The molecule has 1 aliphatic rings. The number of halogens is 1. The third kappa shape index (κ3) is 4.61. The van der Waals surface area contributed by atoms with Gasteiger partial charge in [-0.1, -0.05) is 56.1 Å². The lowest BCUT2D eigenvalue weighted by Crippen LogP contribution is -2.44. The smallest absolute Gasteiger partial charge is 0.262 e. The number of allylic oxidation sites excluding steroid dienone is 1. The summed E-state index contributed by atoms with van der Waals surface area (Å²) in [5.74, 6) is 1.29. The first-order chi connectivity index (χ1) is 13.4. The van der Waals surface area contributed by atoms with E-state index in [1.165, 1.54) is 18.2 Å². The zero-order valence-electron chi connectivity index (χ0n) is 16.3. The Bertz CT molecular complexity index is 943. The van der Waals surface area contributed by atoms with Crippen molar-refractivity contribution >= 4 is 40.2 Å². The third-order valence-electron chi connectivity index (χ3n) is 5.58. The van der Waals surface area contributed by atoms with Gasteiger partial charge in [0, 0.05) is 17.6 Å². The van der Waals surface area contributed by atoms with Gasteiger partial charge in [0.1, 0.15) is 0 Å². The second-order valence-corrected chi connectivity index (χ2v) is 8.87. The van der Waals surface area contributed by atoms with E-state index in [2.05, 4.69) is 30.7 Å². The van der Waals surface area contributed by atoms with Crippen molar-refractivity contribution in [1.29, 1.82) is 0 Å². The first-order valence-corrected chi connectivity index (χ1v) is 11.0. The van der Waals surface area contributed by atoms with E-state index in [1.54, 1.807) is 28.8 Å². The summed E-state index contributed by atoms with van der Waals surface area (Å²) in [5.41, 5.74) is 0.384. The predicted molar refractivity (Wildman–Crippen MR) is 116 cm³/mol. The summed E-state index contributed by atoms with van der Waals surface area (Å²) in [5, 5.41) is 4.69. The number of thioether (sulfide) groups is 1. The minimum Gasteiger partial charge on any atom is -0.352 e. The summed E-state index contributed by atoms with van der Waals surface area (Å²) < 4.78 is 1.55. The number of benzene rings is 1. The van der Waals surface area contributed by atoms with Gasteiger partial charge in [-0.05, 0) is 36.5 Å². The molecule has 0 radical (unpaired) electrons. The number of carbonyl (C=O) groups is 1. The van der Waals surface area contributed by atoms with Crippen LogP contribution in [0.4, 0.5) is 0 Å². The van der Waals surface area contributed by atoms with Crippen LogP contribution < -0.4 is 10.9 Å². The van der Waals surface area contributed by atoms with Crippen LogP contribution in [0.1, 0.15) is 33.1 Å². The monoisotopic (exact) mass is 419 g/mol. The minimum absolute atomic E-state index is 0.0263. The maximum atomic E-state index is 12.8. The molecule has 1 aromatic carbocycles. The number of hydrogen-bond acceptors (Lipinski definition) is 4. The molecule has 7 heteroatoms. The summed E-state index contributed by atoms with van der Waals surface area (Å²) in [6.45, 7) is 8.51. The average molecular weight is 420 g/mol. The lowest BCUT2D eigenvalue weighted by molar-refractivity contribution is -0.120. The van der Waals surface area contributed by atoms with Crippen molar-refractivity contribution in [3.05, 3.63) is 46.2 Å². The lowest BCUT2D eigenvalue weighted by atomic mass is 9.78. The Morgan fingerprint density at radius 1 is 1.43 bits per heavy atom. The predicted octanol–water partition coefficient (Wildman–Crippen LogP) is 4.27. The Kier molecular flexibility index (Phi) is 6.83. The molecule has 0 unspecified atom stereocenters. The molecule has 1 heterocycles. The van der Waals surface area contributed by atoms with Gasteiger partial charge < -0.3 is 5.32 Å². The molecule has 3 rings (SSSR count). The van der Waals surface area contributed by atoms with Crippen LogP contribution in [-0.4, -0.2) is 27.3 Å². The molecule has 0 spiro atoms. The Morgan fingerprint density at radius 3 is 2.96 bits per heavy atom. The number of amides is 1. The summed E-state index contributed by atoms with van der Waals surface area (Å²) in [6.07, 6.45) is 5.05. The quantitative estimate of drug-likeness (QED) is 0.431. The van der Waals surface area contributed by atoms with Crippen molar-refractivity contribution < 1.29 is 4.79 Å². The minimum atomic E-state index is -0.154. The summed E-state index contributed by atoms with van der Waals surface area (Å²) in [7, 11) is 0. The normalized spacial score (nSPS) is 22.2. The number of aromatic nitrogens is 2. The summed E-state index contributed by atoms with van der Waals surface area (Å²) in [4.78, 5) is 29.9. The van der Waals surface area contributed by atoms with Gasteiger partial charge in [0.05, 0.1) is 16.7 Å². The van der Waals surface area contributed by atoms with E-state index in [4.69, 9.17) is 11.6 Å². The van der Waals surface area contributed by atoms with E-state index in [1.807, 2.05) is 0 Å². The Balaban J connectivity index is 1.77. The fourth-order valence-corrected chi connectivity index (χ4v) is 4.72. The topological polar surface area (TPSA) is 64.0 Å². The first kappa shape index (κ1) is 20.9. The molecule has 0 aliphatic heterocycles. The maximum absolute atomic E-state index is 12.8. The fraction of sp³-hybridized carbons (Fsp3) is 0.476. The molecule has 28 heavy (non-hydrogen) atoms. The van der Waals surface area contributed by atoms with Crippen molar-refractivity contribution in [2.75, 3.05) is 5.75 Å². The van der Waals surface area contributed by atoms with E-state index in [-0.39, 0.29) is 23.3 Å². The van der Waals surface area contributed by atoms with Crippen molar-refractivity contribution in [3.63, 3.8) is 0 Å². The standard InChI is InChI=1S/C21H26ClN3O2S/c1-4-10-25-20(27)16-9-8-15(22)11-18(16)24-21(25)28-12-19(26)23-17-7-5-6-13(2)14(17)3/h4,8-9,11,13-14,17H,1,5-7,10,12H2,2-3H3,(H,23,26)/t13-,14-,17-/m0/s1. The molecule has 3 atom stereocenters. The van der Waals surface area contributed by atoms with Crippen LogP contribution >= 0.6 is 23.4 Å². The van der Waals surface area contributed by atoms with Crippen LogP contribution in [0.3, 0.4) is 0 Å². The highest BCUT2D eigenvalue weighted by Gasteiger charge is 2.28. The van der Waals surface area contributed by atoms with Gasteiger partial charge >= 0.3 is 0 Å². The van der Waals surface area contributed by atoms with Gasteiger partial charge in [0.2, 0.25) is 5.91 Å². The summed E-state index contributed by atoms with van der Waals surface area (Å²) >= 11 is 7.32. The number of nitrogens with one attached hydrogen (secondary N) is 1. The van der Waals surface area contributed by atoms with E-state index in [0.29, 0.717) is 39.5 Å². The Labute approximate surface area is 174 Å². The van der Waals surface area contributed by atoms with E-state index >= 15 is 0 Å². The highest BCUT2D eigenvalue weighted by molar-refractivity contribution is 7.99. The Hall–Kier alpha value is -1.79. The van der Waals surface area contributed by atoms with Gasteiger partial charge in [-0.3, -0.25) is 14.2 Å². The van der Waals surface area contributed by atoms with Gasteiger partial charge in [0.15, 0.2) is 5.16 Å². The van der Waals surface area contributed by atoms with Crippen LogP contribution in [0.15, 0.2) is 40.8 Å². The van der Waals surface area contributed by atoms with Crippen LogP contribution in [-0.2, 0) is 11.3 Å². The highest BCUT2D eigenvalue weighted by atomic mass is 35.5. The molecule has 1 saturated carbocycles. The molecule has 150 valence electrons. The lowest BCUT2D eigenvalue weighted by Gasteiger charge is -2.34. The van der Waals surface area contributed by atoms with Crippen LogP contribution in [0, 0.1) is 11.8 Å². The largest absolute Gasteiger partial charge is 0.352 e. The van der Waals surface area contributed by atoms with E-state index in [9.17, 15) is 9.59 Å². The van der Waals surface area contributed by atoms with Gasteiger partial charge in [-0.2, -0.15) is 0 Å². The van der Waals surface area contributed by atoms with E-state index in [0.717, 1.165) is 12.8 Å². The highest BCUT2D eigenvalue weighted by Crippen LogP contribution is 2.29. The second kappa shape index (κ2) is 9.14. The van der Waals surface area contributed by atoms with Crippen LogP contribution in [0.5, 0.6) is 0 Å². The molecule has 1 aliphatic carbocycles. The molecule has 1 N–H and O–H groups in total. The molecule has 1 amide bonds. The van der Waals surface area contributed by atoms with E-state index < -0.39 is 0 Å². The third-order valence-corrected chi connectivity index (χ3v) is 6.79. The molecule has 0 bridgehead atoms. The van der Waals surface area contributed by atoms with Gasteiger partial charge in [0.25, 0.3) is 5.56 Å². The fourth-order valence-electron chi connectivity index (χ4n) is 3.74. The van der Waals surface area contributed by atoms with Crippen LogP contribution in [0.2, 0.25) is 5.02 Å². The number of hydrogen-bond donors (Lipinski definition) is 1. The average Bonchev–Trinajstić information content (AvgIpc) is 2.66. The van der Waals surface area contributed by atoms with Crippen molar-refractivity contribution in [3.8, 4) is 0 Å². The molecule has 1 aromatic heterocycles. The number of nitrogens with zero attached hydrogens (tertiary/aromatic N) is 2. The molecular formula is C21H26ClN3O2S. The number of rotatable bonds is 6. The molecule has 5 nitrogen and oxygen atoms in total. The second-order valence-electron chi connectivity index (χ2n) is 7.49. The van der Waals surface area contributed by atoms with Gasteiger partial charge in [-0.25, -0.2) is 4.98 Å². The van der Waals surface area contributed by atoms with Crippen molar-refractivity contribution in [1.82, 2.24) is 14.9 Å². The SMILES string of the molecule is C=CCn1c(SCC(=O)N[C@H]2CCC[C@H](C)[C@@H]2C)nc2cc(Cl)ccc2c1=O. The van der Waals surface area contributed by atoms with Gasteiger partial charge in [-0.15, -0.1) is 6.58 Å². The first-order valence-electron chi connectivity index (χ1n) is 9.64. The summed E-state index contributed by atoms with van der Waals surface area (Å²) in [6, 6.07) is 5.25. The molecule has 2 aromatic rings. The maximum Gasteiger partial charge on any atom is 0.262 e. The van der Waals surface area contributed by atoms with Crippen LogP contribution in [0.25, 0.3) is 10.9 Å². The number of fused-ring (bicyclic) bond motifs is 1.